The number of nitrogens with one attached hydrogen (secondary N) is 1. The molecule has 0 aliphatic carbocycles. The van der Waals surface area contributed by atoms with Gasteiger partial charge in [-0.25, -0.2) is 0 Å². The second kappa shape index (κ2) is 2.51. The lowest BCUT2D eigenvalue weighted by molar-refractivity contribution is -0.121. The van der Waals surface area contributed by atoms with Crippen LogP contribution in [-0.2, 0) is 4.79 Å². The standard InChI is InChI=1S/C7H10N4O/c8-7(12)5-3-10-6-4-9-1-2-11(5)6/h1,4-5,10H,2-3H2,(H2,8,12). The molecule has 0 radical (unpaired) electrons. The Morgan fingerprint density at radius 3 is 3.42 bits per heavy atom. The van der Waals surface area contributed by atoms with Crippen molar-refractivity contribution in [3.8, 4) is 0 Å². The van der Waals surface area contributed by atoms with E-state index >= 15 is 0 Å². The number of hydrogen-bond acceptors (Lipinski definition) is 4. The molecule has 12 heavy (non-hydrogen) atoms. The van der Waals surface area contributed by atoms with E-state index in [1.165, 1.54) is 0 Å². The van der Waals surface area contributed by atoms with Gasteiger partial charge in [0.25, 0.3) is 0 Å². The van der Waals surface area contributed by atoms with Crippen molar-refractivity contribution in [2.45, 2.75) is 6.04 Å². The molecule has 0 aromatic heterocycles. The Labute approximate surface area is 69.9 Å². The van der Waals surface area contributed by atoms with Crippen molar-refractivity contribution >= 4 is 12.1 Å². The van der Waals surface area contributed by atoms with Gasteiger partial charge in [-0.1, -0.05) is 0 Å². The van der Waals surface area contributed by atoms with Crippen LogP contribution in [0.3, 0.4) is 0 Å². The van der Waals surface area contributed by atoms with Gasteiger partial charge in [0.1, 0.15) is 11.9 Å². The molecule has 0 bridgehead atoms. The first-order valence-corrected chi connectivity index (χ1v) is 3.80. The smallest absolute Gasteiger partial charge is 0.242 e. The average molecular weight is 166 g/mol. The third-order valence-corrected chi connectivity index (χ3v) is 2.07. The first-order valence-electron chi connectivity index (χ1n) is 3.80. The zero-order valence-electron chi connectivity index (χ0n) is 6.53. The maximum atomic E-state index is 10.9. The van der Waals surface area contributed by atoms with Gasteiger partial charge >= 0.3 is 0 Å². The van der Waals surface area contributed by atoms with Crippen molar-refractivity contribution in [1.82, 2.24) is 10.2 Å². The highest BCUT2D eigenvalue weighted by Gasteiger charge is 2.31. The molecule has 5 nitrogen and oxygen atoms in total. The first-order chi connectivity index (χ1) is 5.79. The van der Waals surface area contributed by atoms with Crippen LogP contribution in [0.5, 0.6) is 0 Å². The average Bonchev–Trinajstić information content (AvgIpc) is 2.47. The predicted octanol–water partition coefficient (Wildman–Crippen LogP) is -1.37. The van der Waals surface area contributed by atoms with Crippen molar-refractivity contribution in [1.29, 1.82) is 0 Å². The molecule has 1 fully saturated rings. The zero-order chi connectivity index (χ0) is 8.55. The van der Waals surface area contributed by atoms with Gasteiger partial charge in [0.05, 0.1) is 12.7 Å². The van der Waals surface area contributed by atoms with Crippen LogP contribution < -0.4 is 11.1 Å². The fourth-order valence-electron chi connectivity index (χ4n) is 1.44. The van der Waals surface area contributed by atoms with E-state index in [0.29, 0.717) is 13.1 Å². The summed E-state index contributed by atoms with van der Waals surface area (Å²) >= 11 is 0. The summed E-state index contributed by atoms with van der Waals surface area (Å²) in [5.74, 6) is 0.600. The largest absolute Gasteiger partial charge is 0.368 e. The number of rotatable bonds is 1. The number of nitrogens with zero attached hydrogens (tertiary/aromatic N) is 2. The number of hydrogen-bond donors (Lipinski definition) is 2. The van der Waals surface area contributed by atoms with Crippen LogP contribution in [0.1, 0.15) is 0 Å². The molecule has 0 aromatic rings. The van der Waals surface area contributed by atoms with Crippen LogP contribution in [-0.4, -0.2) is 36.2 Å². The van der Waals surface area contributed by atoms with Gasteiger partial charge in [-0.15, -0.1) is 0 Å². The number of nitrogens with two attached hydrogens (primary N) is 1. The van der Waals surface area contributed by atoms with E-state index in [1.54, 1.807) is 12.4 Å². The minimum Gasteiger partial charge on any atom is -0.368 e. The van der Waals surface area contributed by atoms with Crippen molar-refractivity contribution in [2.24, 2.45) is 10.7 Å². The van der Waals surface area contributed by atoms with Crippen LogP contribution in [0.25, 0.3) is 0 Å². The van der Waals surface area contributed by atoms with Crippen LogP contribution >= 0.6 is 0 Å². The van der Waals surface area contributed by atoms with Gasteiger partial charge in [0.2, 0.25) is 5.91 Å². The van der Waals surface area contributed by atoms with Crippen molar-refractivity contribution in [3.63, 3.8) is 0 Å². The molecule has 1 unspecified atom stereocenters. The minimum absolute atomic E-state index is 0.219. The summed E-state index contributed by atoms with van der Waals surface area (Å²) in [6.07, 6.45) is 3.46. The van der Waals surface area contributed by atoms with E-state index in [-0.39, 0.29) is 11.9 Å². The third-order valence-electron chi connectivity index (χ3n) is 2.07. The van der Waals surface area contributed by atoms with Crippen LogP contribution in [0, 0.1) is 0 Å². The highest BCUT2D eigenvalue weighted by atomic mass is 16.1. The molecular weight excluding hydrogens is 156 g/mol. The summed E-state index contributed by atoms with van der Waals surface area (Å²) in [7, 11) is 0. The molecule has 2 rings (SSSR count). The topological polar surface area (TPSA) is 70.7 Å². The maximum Gasteiger partial charge on any atom is 0.242 e. The molecule has 2 aliphatic rings. The minimum atomic E-state index is -0.291. The number of fused-ring (bicyclic) bond motifs is 1. The number of carbonyl (C=O) groups excluding carboxylic acids is 1. The van der Waals surface area contributed by atoms with Gasteiger partial charge < -0.3 is 16.0 Å². The zero-order valence-corrected chi connectivity index (χ0v) is 6.53. The molecule has 2 aliphatic heterocycles. The Hall–Kier alpha value is -1.52. The van der Waals surface area contributed by atoms with E-state index in [0.717, 1.165) is 5.82 Å². The molecule has 1 saturated heterocycles. The van der Waals surface area contributed by atoms with Gasteiger partial charge in [-0.05, 0) is 0 Å². The van der Waals surface area contributed by atoms with Crippen molar-refractivity contribution < 1.29 is 4.79 Å². The summed E-state index contributed by atoms with van der Waals surface area (Å²) in [6.45, 7) is 1.25. The van der Waals surface area contributed by atoms with Gasteiger partial charge in [-0.3, -0.25) is 9.79 Å². The molecule has 64 valence electrons. The summed E-state index contributed by atoms with van der Waals surface area (Å²) in [5.41, 5.74) is 5.21. The lowest BCUT2D eigenvalue weighted by Gasteiger charge is -2.23. The number of amides is 1. The van der Waals surface area contributed by atoms with E-state index in [2.05, 4.69) is 10.3 Å². The Balaban J connectivity index is 2.20. The fraction of sp³-hybridized carbons (Fsp3) is 0.429. The SMILES string of the molecule is NC(=O)C1CNC2=CN=CCN21. The second-order valence-electron chi connectivity index (χ2n) is 2.80. The Bertz CT molecular complexity index is 271. The van der Waals surface area contributed by atoms with Gasteiger partial charge in [-0.2, -0.15) is 0 Å². The van der Waals surface area contributed by atoms with E-state index < -0.39 is 0 Å². The summed E-state index contributed by atoms with van der Waals surface area (Å²) in [5, 5.41) is 3.06. The molecule has 0 saturated carbocycles. The van der Waals surface area contributed by atoms with E-state index in [1.807, 2.05) is 4.90 Å². The molecular formula is C7H10N4O. The summed E-state index contributed by atoms with van der Waals surface area (Å²) < 4.78 is 0. The highest BCUT2D eigenvalue weighted by Crippen LogP contribution is 2.15. The number of primary amides is 1. The second-order valence-corrected chi connectivity index (χ2v) is 2.80. The molecule has 2 heterocycles. The highest BCUT2D eigenvalue weighted by molar-refractivity contribution is 5.82. The summed E-state index contributed by atoms with van der Waals surface area (Å²) in [4.78, 5) is 16.8. The quantitative estimate of drug-likeness (QED) is 0.505. The van der Waals surface area contributed by atoms with Crippen molar-refractivity contribution in [3.05, 3.63) is 12.0 Å². The first kappa shape index (κ1) is 7.15. The van der Waals surface area contributed by atoms with Crippen LogP contribution in [0.4, 0.5) is 0 Å². The van der Waals surface area contributed by atoms with Crippen molar-refractivity contribution in [2.75, 3.05) is 13.1 Å². The van der Waals surface area contributed by atoms with Crippen LogP contribution in [0.2, 0.25) is 0 Å². The van der Waals surface area contributed by atoms with E-state index in [4.69, 9.17) is 5.73 Å². The predicted molar refractivity (Wildman–Crippen MR) is 44.3 cm³/mol. The third kappa shape index (κ3) is 0.939. The Morgan fingerprint density at radius 1 is 1.83 bits per heavy atom. The fourth-order valence-corrected chi connectivity index (χ4v) is 1.44. The molecule has 0 spiro atoms. The van der Waals surface area contributed by atoms with E-state index in [9.17, 15) is 4.79 Å². The molecule has 0 aromatic carbocycles. The molecule has 1 amide bonds. The Kier molecular flexibility index (Phi) is 1.49. The lowest BCUT2D eigenvalue weighted by atomic mass is 10.2. The molecule has 5 heteroatoms. The number of carbonyl (C=O) groups is 1. The normalized spacial score (nSPS) is 26.2. The van der Waals surface area contributed by atoms with Gasteiger partial charge in [0, 0.05) is 12.8 Å². The summed E-state index contributed by atoms with van der Waals surface area (Å²) in [6, 6.07) is -0.219. The monoisotopic (exact) mass is 166 g/mol. The Morgan fingerprint density at radius 2 is 2.67 bits per heavy atom. The van der Waals surface area contributed by atoms with Gasteiger partial charge in [0.15, 0.2) is 0 Å². The molecule has 3 N–H and O–H groups in total. The maximum absolute atomic E-state index is 10.9. The molecule has 1 atom stereocenters. The number of aliphatic imine (C=N–C) groups is 1. The lowest BCUT2D eigenvalue weighted by Crippen LogP contribution is -2.42. The van der Waals surface area contributed by atoms with Crippen LogP contribution in [0.15, 0.2) is 17.0 Å².